The summed E-state index contributed by atoms with van der Waals surface area (Å²) in [5, 5.41) is 14.8. The maximum absolute atomic E-state index is 13.7. The van der Waals surface area contributed by atoms with Crippen LogP contribution in [-0.4, -0.2) is 38.8 Å². The summed E-state index contributed by atoms with van der Waals surface area (Å²) in [5.41, 5.74) is 0.156. The number of aryl methyl sites for hydroxylation is 1. The molecule has 2 aromatic heterocycles. The molecule has 1 aromatic carbocycles. The second-order valence-corrected chi connectivity index (χ2v) is 5.59. The van der Waals surface area contributed by atoms with Gasteiger partial charge in [-0.3, -0.25) is 4.79 Å². The number of para-hydroxylation sites is 1. The van der Waals surface area contributed by atoms with Gasteiger partial charge in [0.05, 0.1) is 6.54 Å². The molecule has 0 bridgehead atoms. The van der Waals surface area contributed by atoms with Gasteiger partial charge in [-0.1, -0.05) is 13.0 Å². The van der Waals surface area contributed by atoms with Gasteiger partial charge in [-0.2, -0.15) is 4.52 Å². The second kappa shape index (κ2) is 7.42. The van der Waals surface area contributed by atoms with Crippen LogP contribution in [0.15, 0.2) is 30.3 Å². The fraction of sp³-hybridized carbons (Fsp3) is 0.294. The highest BCUT2D eigenvalue weighted by Gasteiger charge is 2.16. The third-order valence-corrected chi connectivity index (χ3v) is 3.90. The lowest BCUT2D eigenvalue weighted by Crippen LogP contribution is -2.34. The predicted octanol–water partition coefficient (Wildman–Crippen LogP) is 2.43. The van der Waals surface area contributed by atoms with Crippen molar-refractivity contribution in [3.63, 3.8) is 0 Å². The first-order valence-corrected chi connectivity index (χ1v) is 8.23. The molecule has 0 fully saturated rings. The number of halogens is 2. The number of nitrogens with zero attached hydrogens (tertiary/aromatic N) is 5. The minimum atomic E-state index is -0.821. The van der Waals surface area contributed by atoms with Gasteiger partial charge in [0.1, 0.15) is 23.1 Å². The largest absolute Gasteiger partial charge is 0.346 e. The van der Waals surface area contributed by atoms with Gasteiger partial charge in [-0.05, 0) is 31.2 Å². The van der Waals surface area contributed by atoms with Gasteiger partial charge in [0, 0.05) is 13.0 Å². The van der Waals surface area contributed by atoms with Crippen LogP contribution in [0, 0.1) is 11.6 Å². The molecule has 0 spiro atoms. The predicted molar refractivity (Wildman–Crippen MR) is 93.0 cm³/mol. The van der Waals surface area contributed by atoms with E-state index in [-0.39, 0.29) is 6.54 Å². The molecule has 136 valence electrons. The minimum Gasteiger partial charge on any atom is -0.346 e. The van der Waals surface area contributed by atoms with Crippen molar-refractivity contribution in [2.75, 3.05) is 23.3 Å². The fourth-order valence-corrected chi connectivity index (χ4v) is 2.54. The Bertz CT molecular complexity index is 922. The molecule has 9 heteroatoms. The van der Waals surface area contributed by atoms with E-state index in [0.717, 1.165) is 12.1 Å². The Morgan fingerprint density at radius 1 is 1.15 bits per heavy atom. The molecular weight excluding hydrogens is 342 g/mol. The molecule has 1 N–H and O–H groups in total. The van der Waals surface area contributed by atoms with E-state index in [4.69, 9.17) is 0 Å². The molecule has 0 unspecified atom stereocenters. The third-order valence-electron chi connectivity index (χ3n) is 3.90. The van der Waals surface area contributed by atoms with Crippen LogP contribution >= 0.6 is 0 Å². The van der Waals surface area contributed by atoms with Gasteiger partial charge in [-0.25, -0.2) is 8.78 Å². The van der Waals surface area contributed by atoms with Crippen molar-refractivity contribution in [3.8, 4) is 0 Å². The number of amides is 1. The number of hydrogen-bond donors (Lipinski definition) is 1. The van der Waals surface area contributed by atoms with Gasteiger partial charge in [-0.15, -0.1) is 15.3 Å². The number of anilines is 2. The Hall–Kier alpha value is -3.10. The normalized spacial score (nSPS) is 10.9. The Balaban J connectivity index is 1.80. The Kier molecular flexibility index (Phi) is 5.06. The average molecular weight is 360 g/mol. The fourth-order valence-electron chi connectivity index (χ4n) is 2.54. The number of aromatic nitrogens is 4. The topological polar surface area (TPSA) is 75.4 Å². The summed E-state index contributed by atoms with van der Waals surface area (Å²) in [4.78, 5) is 13.9. The summed E-state index contributed by atoms with van der Waals surface area (Å²) >= 11 is 0. The summed E-state index contributed by atoms with van der Waals surface area (Å²) in [5.74, 6) is -0.942. The summed E-state index contributed by atoms with van der Waals surface area (Å²) in [6.45, 7) is 4.18. The number of carbonyl (C=O) groups excluding carboxylic acids is 1. The van der Waals surface area contributed by atoms with Crippen molar-refractivity contribution >= 4 is 23.1 Å². The quantitative estimate of drug-likeness (QED) is 0.731. The first-order valence-electron chi connectivity index (χ1n) is 8.23. The Labute approximate surface area is 148 Å². The van der Waals surface area contributed by atoms with E-state index in [1.165, 1.54) is 6.07 Å². The molecule has 26 heavy (non-hydrogen) atoms. The Morgan fingerprint density at radius 2 is 1.88 bits per heavy atom. The lowest BCUT2D eigenvalue weighted by Gasteiger charge is -2.21. The molecule has 2 heterocycles. The molecule has 7 nitrogen and oxygen atoms in total. The molecule has 0 atom stereocenters. The molecule has 3 rings (SSSR count). The lowest BCUT2D eigenvalue weighted by atomic mass is 10.3. The van der Waals surface area contributed by atoms with Crippen LogP contribution in [0.5, 0.6) is 0 Å². The molecule has 0 saturated heterocycles. The van der Waals surface area contributed by atoms with E-state index in [1.807, 2.05) is 13.8 Å². The summed E-state index contributed by atoms with van der Waals surface area (Å²) < 4.78 is 29.0. The van der Waals surface area contributed by atoms with E-state index >= 15 is 0 Å². The maximum atomic E-state index is 13.7. The van der Waals surface area contributed by atoms with Gasteiger partial charge < -0.3 is 10.2 Å². The van der Waals surface area contributed by atoms with Crippen molar-refractivity contribution in [2.45, 2.75) is 20.3 Å². The molecule has 3 aromatic rings. The monoisotopic (exact) mass is 360 g/mol. The molecule has 0 saturated carbocycles. The number of nitrogens with one attached hydrogen (secondary N) is 1. The highest BCUT2D eigenvalue weighted by atomic mass is 19.1. The zero-order valence-corrected chi connectivity index (χ0v) is 14.4. The molecule has 0 radical (unpaired) electrons. The lowest BCUT2D eigenvalue weighted by molar-refractivity contribution is -0.115. The third kappa shape index (κ3) is 3.46. The van der Waals surface area contributed by atoms with Crippen LogP contribution in [0.1, 0.15) is 19.7 Å². The molecule has 0 aliphatic carbocycles. The number of fused-ring (bicyclic) bond motifs is 1. The number of rotatable bonds is 6. The summed E-state index contributed by atoms with van der Waals surface area (Å²) in [6, 6.07) is 6.89. The number of hydrogen-bond acceptors (Lipinski definition) is 5. The van der Waals surface area contributed by atoms with Gasteiger partial charge in [0.25, 0.3) is 0 Å². The highest BCUT2D eigenvalue weighted by molar-refractivity contribution is 5.94. The maximum Gasteiger partial charge on any atom is 0.244 e. The summed E-state index contributed by atoms with van der Waals surface area (Å²) in [7, 11) is 0. The smallest absolute Gasteiger partial charge is 0.244 e. The number of likely N-dealkylation sites (N-methyl/N-ethyl adjacent to an activating group) is 1. The van der Waals surface area contributed by atoms with Crippen molar-refractivity contribution in [2.24, 2.45) is 0 Å². The standard InChI is InChI=1S/C17H18F2N6O/c1-3-13-21-22-14-8-9-15(23-25(13)14)24(4-2)10-16(26)20-17-11(18)6-5-7-12(17)19/h5-9H,3-4,10H2,1-2H3,(H,20,26). The van der Waals surface area contributed by atoms with Gasteiger partial charge in [0.2, 0.25) is 5.91 Å². The summed E-state index contributed by atoms with van der Waals surface area (Å²) in [6.07, 6.45) is 0.663. The molecule has 0 aliphatic rings. The van der Waals surface area contributed by atoms with E-state index in [9.17, 15) is 13.6 Å². The van der Waals surface area contributed by atoms with Crippen LogP contribution in [0.25, 0.3) is 5.65 Å². The SMILES string of the molecule is CCc1nnc2ccc(N(CC)CC(=O)Nc3c(F)cccc3F)nn12. The van der Waals surface area contributed by atoms with Crippen LogP contribution in [-0.2, 0) is 11.2 Å². The average Bonchev–Trinajstić information content (AvgIpc) is 3.05. The zero-order valence-electron chi connectivity index (χ0n) is 14.4. The van der Waals surface area contributed by atoms with E-state index in [1.54, 1.807) is 21.5 Å². The van der Waals surface area contributed by atoms with Crippen molar-refractivity contribution in [3.05, 3.63) is 47.8 Å². The van der Waals surface area contributed by atoms with Crippen molar-refractivity contribution < 1.29 is 13.6 Å². The number of benzene rings is 1. The minimum absolute atomic E-state index is 0.105. The van der Waals surface area contributed by atoms with E-state index in [2.05, 4.69) is 20.6 Å². The van der Waals surface area contributed by atoms with Gasteiger partial charge in [0.15, 0.2) is 11.5 Å². The first kappa shape index (κ1) is 17.7. The molecule has 1 amide bonds. The Morgan fingerprint density at radius 3 is 2.54 bits per heavy atom. The highest BCUT2D eigenvalue weighted by Crippen LogP contribution is 2.18. The second-order valence-electron chi connectivity index (χ2n) is 5.59. The van der Waals surface area contributed by atoms with Crippen LogP contribution in [0.2, 0.25) is 0 Å². The van der Waals surface area contributed by atoms with E-state index in [0.29, 0.717) is 30.3 Å². The van der Waals surface area contributed by atoms with E-state index < -0.39 is 23.2 Å². The van der Waals surface area contributed by atoms with Crippen LogP contribution < -0.4 is 10.2 Å². The number of carbonyl (C=O) groups is 1. The van der Waals surface area contributed by atoms with Crippen molar-refractivity contribution in [1.82, 2.24) is 19.8 Å². The molecular formula is C17H18F2N6O. The van der Waals surface area contributed by atoms with Crippen LogP contribution in [0.4, 0.5) is 20.3 Å². The first-order chi connectivity index (χ1) is 12.5. The van der Waals surface area contributed by atoms with Gasteiger partial charge >= 0.3 is 0 Å². The van der Waals surface area contributed by atoms with Crippen LogP contribution in [0.3, 0.4) is 0 Å². The zero-order chi connectivity index (χ0) is 18.7. The van der Waals surface area contributed by atoms with Crippen molar-refractivity contribution in [1.29, 1.82) is 0 Å². The molecule has 0 aliphatic heterocycles.